The summed E-state index contributed by atoms with van der Waals surface area (Å²) in [7, 11) is 4.18. The van der Waals surface area contributed by atoms with E-state index < -0.39 is 5.97 Å². The molecule has 0 heterocycles. The number of phenols is 1. The minimum absolute atomic E-state index is 0.0316. The van der Waals surface area contributed by atoms with Gasteiger partial charge in [-0.05, 0) is 23.1 Å². The lowest BCUT2D eigenvalue weighted by molar-refractivity contribution is 0.0596. The molecule has 1 N–H and O–H groups in total. The highest BCUT2D eigenvalue weighted by Crippen LogP contribution is 2.44. The summed E-state index contributed by atoms with van der Waals surface area (Å²) >= 11 is 0. The number of fused-ring (bicyclic) bond motifs is 1. The number of carbonyl (C=O) groups excluding carboxylic acids is 1. The van der Waals surface area contributed by atoms with E-state index in [4.69, 9.17) is 18.9 Å². The molecule has 0 aliphatic heterocycles. The van der Waals surface area contributed by atoms with Gasteiger partial charge in [0.15, 0.2) is 11.5 Å². The van der Waals surface area contributed by atoms with Crippen LogP contribution >= 0.6 is 0 Å². The maximum atomic E-state index is 12.1. The predicted molar refractivity (Wildman–Crippen MR) is 101 cm³/mol. The Balaban J connectivity index is 2.15. The minimum atomic E-state index is -0.612. The Bertz CT molecular complexity index is 966. The van der Waals surface area contributed by atoms with Crippen LogP contribution < -0.4 is 14.2 Å². The highest BCUT2D eigenvalue weighted by molar-refractivity contribution is 6.04. The molecule has 0 spiro atoms. The molecule has 0 radical (unpaired) electrons. The predicted octanol–water partition coefficient (Wildman–Crippen LogP) is 3.93. The van der Waals surface area contributed by atoms with E-state index in [1.165, 1.54) is 21.3 Å². The zero-order valence-corrected chi connectivity index (χ0v) is 15.3. The van der Waals surface area contributed by atoms with Crippen molar-refractivity contribution in [3.63, 3.8) is 0 Å². The normalized spacial score (nSPS) is 10.5. The van der Waals surface area contributed by atoms with Crippen molar-refractivity contribution >= 4 is 16.7 Å². The van der Waals surface area contributed by atoms with Crippen molar-refractivity contribution in [2.45, 2.75) is 6.61 Å². The van der Waals surface area contributed by atoms with Gasteiger partial charge in [0.05, 0.1) is 26.7 Å². The van der Waals surface area contributed by atoms with Crippen LogP contribution in [0, 0.1) is 0 Å². The van der Waals surface area contributed by atoms with Gasteiger partial charge in [-0.25, -0.2) is 4.79 Å². The maximum absolute atomic E-state index is 12.1. The molecule has 3 aromatic carbocycles. The van der Waals surface area contributed by atoms with Crippen molar-refractivity contribution in [1.82, 2.24) is 0 Å². The molecule has 0 bridgehead atoms. The van der Waals surface area contributed by atoms with Crippen LogP contribution in [0.3, 0.4) is 0 Å². The molecule has 0 aliphatic carbocycles. The summed E-state index contributed by atoms with van der Waals surface area (Å²) < 4.78 is 21.3. The van der Waals surface area contributed by atoms with Crippen LogP contribution in [0.2, 0.25) is 0 Å². The first-order valence-corrected chi connectivity index (χ1v) is 8.25. The molecule has 27 heavy (non-hydrogen) atoms. The zero-order chi connectivity index (χ0) is 19.4. The quantitative estimate of drug-likeness (QED) is 0.665. The van der Waals surface area contributed by atoms with Crippen LogP contribution in [0.1, 0.15) is 15.9 Å². The summed E-state index contributed by atoms with van der Waals surface area (Å²) in [4.78, 5) is 12.1. The smallest absolute Gasteiger partial charge is 0.341 e. The van der Waals surface area contributed by atoms with Crippen molar-refractivity contribution in [2.24, 2.45) is 0 Å². The number of hydrogen-bond donors (Lipinski definition) is 1. The van der Waals surface area contributed by atoms with E-state index >= 15 is 0 Å². The van der Waals surface area contributed by atoms with Crippen molar-refractivity contribution < 1.29 is 28.8 Å². The Morgan fingerprint density at radius 1 is 1.00 bits per heavy atom. The molecule has 0 saturated carbocycles. The second-order valence-electron chi connectivity index (χ2n) is 5.80. The Kier molecular flexibility index (Phi) is 5.35. The van der Waals surface area contributed by atoms with Crippen LogP contribution in [0.5, 0.6) is 23.0 Å². The SMILES string of the molecule is COC(=O)c1cc2cc(OC)cc(OCc3ccccc3)c2c(O)c1OC. The fraction of sp³-hybridized carbons (Fsp3) is 0.190. The third-order valence-corrected chi connectivity index (χ3v) is 4.18. The topological polar surface area (TPSA) is 74.2 Å². The number of rotatable bonds is 6. The lowest BCUT2D eigenvalue weighted by Crippen LogP contribution is -2.05. The Labute approximate surface area is 156 Å². The first-order chi connectivity index (χ1) is 13.1. The highest BCUT2D eigenvalue weighted by atomic mass is 16.5. The van der Waals surface area contributed by atoms with Gasteiger partial charge in [-0.2, -0.15) is 0 Å². The molecule has 0 saturated heterocycles. The molecule has 6 nitrogen and oxygen atoms in total. The van der Waals surface area contributed by atoms with E-state index in [-0.39, 0.29) is 17.1 Å². The lowest BCUT2D eigenvalue weighted by Gasteiger charge is -2.16. The average Bonchev–Trinajstić information content (AvgIpc) is 2.71. The lowest BCUT2D eigenvalue weighted by atomic mass is 10.0. The van der Waals surface area contributed by atoms with E-state index in [2.05, 4.69) is 0 Å². The highest BCUT2D eigenvalue weighted by Gasteiger charge is 2.22. The van der Waals surface area contributed by atoms with Crippen molar-refractivity contribution in [3.05, 3.63) is 59.7 Å². The number of benzene rings is 3. The van der Waals surface area contributed by atoms with Crippen molar-refractivity contribution in [1.29, 1.82) is 0 Å². The molecule has 0 aliphatic rings. The number of carbonyl (C=O) groups is 1. The standard InChI is InChI=1S/C21H20O6/c1-24-15-9-14-10-16(21(23)26-3)20(25-2)19(22)18(14)17(11-15)27-12-13-7-5-4-6-8-13/h4-11,22H,12H2,1-3H3. The van der Waals surface area contributed by atoms with Crippen molar-refractivity contribution in [3.8, 4) is 23.0 Å². The Hall–Kier alpha value is -3.41. The van der Waals surface area contributed by atoms with Gasteiger partial charge < -0.3 is 24.1 Å². The average molecular weight is 368 g/mol. The fourth-order valence-corrected chi connectivity index (χ4v) is 2.88. The van der Waals surface area contributed by atoms with E-state index in [0.717, 1.165) is 5.56 Å². The molecule has 3 aromatic rings. The number of phenolic OH excluding ortho intramolecular Hbond substituents is 1. The van der Waals surface area contributed by atoms with E-state index in [1.54, 1.807) is 18.2 Å². The second-order valence-corrected chi connectivity index (χ2v) is 5.80. The van der Waals surface area contributed by atoms with Gasteiger partial charge >= 0.3 is 5.97 Å². The number of esters is 1. The summed E-state index contributed by atoms with van der Waals surface area (Å²) in [6.07, 6.45) is 0. The molecule has 0 unspecified atom stereocenters. The molecule has 0 fully saturated rings. The van der Waals surface area contributed by atoms with Gasteiger partial charge in [-0.15, -0.1) is 0 Å². The molecule has 6 heteroatoms. The van der Waals surface area contributed by atoms with Gasteiger partial charge in [-0.1, -0.05) is 30.3 Å². The third kappa shape index (κ3) is 3.60. The molecule has 0 aromatic heterocycles. The molecular weight excluding hydrogens is 348 g/mol. The van der Waals surface area contributed by atoms with Crippen LogP contribution in [-0.4, -0.2) is 32.4 Å². The van der Waals surface area contributed by atoms with Gasteiger partial charge in [0.1, 0.15) is 23.7 Å². The van der Waals surface area contributed by atoms with Crippen molar-refractivity contribution in [2.75, 3.05) is 21.3 Å². The van der Waals surface area contributed by atoms with Gasteiger partial charge in [0.25, 0.3) is 0 Å². The van der Waals surface area contributed by atoms with Crippen LogP contribution in [-0.2, 0) is 11.3 Å². The number of aromatic hydroxyl groups is 1. The Morgan fingerprint density at radius 3 is 2.37 bits per heavy atom. The zero-order valence-electron chi connectivity index (χ0n) is 15.3. The maximum Gasteiger partial charge on any atom is 0.341 e. The molecule has 0 amide bonds. The molecule has 0 atom stereocenters. The fourth-order valence-electron chi connectivity index (χ4n) is 2.88. The summed E-state index contributed by atoms with van der Waals surface area (Å²) in [6.45, 7) is 0.309. The second kappa shape index (κ2) is 7.86. The molecule has 140 valence electrons. The molecular formula is C21H20O6. The minimum Gasteiger partial charge on any atom is -0.504 e. The van der Waals surface area contributed by atoms with E-state index in [0.29, 0.717) is 28.9 Å². The van der Waals surface area contributed by atoms with Gasteiger partial charge in [-0.3, -0.25) is 0 Å². The molecule has 3 rings (SSSR count). The number of hydrogen-bond acceptors (Lipinski definition) is 6. The van der Waals surface area contributed by atoms with E-state index in [1.807, 2.05) is 30.3 Å². The van der Waals surface area contributed by atoms with Gasteiger partial charge in [0, 0.05) is 6.07 Å². The first kappa shape index (κ1) is 18.4. The summed E-state index contributed by atoms with van der Waals surface area (Å²) in [5.74, 6) is 0.176. The van der Waals surface area contributed by atoms with Crippen LogP contribution in [0.4, 0.5) is 0 Å². The van der Waals surface area contributed by atoms with Gasteiger partial charge in [0.2, 0.25) is 0 Å². The van der Waals surface area contributed by atoms with E-state index in [9.17, 15) is 9.90 Å². The summed E-state index contributed by atoms with van der Waals surface area (Å²) in [5, 5.41) is 11.8. The summed E-state index contributed by atoms with van der Waals surface area (Å²) in [6, 6.07) is 14.6. The number of ether oxygens (including phenoxy) is 4. The van der Waals surface area contributed by atoms with Crippen LogP contribution in [0.15, 0.2) is 48.5 Å². The monoisotopic (exact) mass is 368 g/mol. The third-order valence-electron chi connectivity index (χ3n) is 4.18. The number of methoxy groups -OCH3 is 3. The largest absolute Gasteiger partial charge is 0.504 e. The summed E-state index contributed by atoms with van der Waals surface area (Å²) in [5.41, 5.74) is 1.10. The van der Waals surface area contributed by atoms with Crippen LogP contribution in [0.25, 0.3) is 10.8 Å². The Morgan fingerprint density at radius 2 is 1.74 bits per heavy atom. The first-order valence-electron chi connectivity index (χ1n) is 8.25.